The second kappa shape index (κ2) is 7.06. The van der Waals surface area contributed by atoms with Crippen LogP contribution in [-0.4, -0.2) is 41.0 Å². The molecule has 0 aromatic carbocycles. The summed E-state index contributed by atoms with van der Waals surface area (Å²) in [6.45, 7) is 14.6. The summed E-state index contributed by atoms with van der Waals surface area (Å²) in [6.07, 6.45) is 0. The zero-order chi connectivity index (χ0) is 14.5. The van der Waals surface area contributed by atoms with Gasteiger partial charge in [-0.1, -0.05) is 46.2 Å². The molecule has 4 nitrogen and oxygen atoms in total. The highest BCUT2D eigenvalue weighted by molar-refractivity contribution is 6.29. The lowest BCUT2D eigenvalue weighted by atomic mass is 9.96. The van der Waals surface area contributed by atoms with Crippen molar-refractivity contribution in [1.82, 2.24) is 14.9 Å². The fraction of sp³-hybridized carbons (Fsp3) is 0.714. The largest absolute Gasteiger partial charge is 0.369 e. The van der Waals surface area contributed by atoms with Crippen molar-refractivity contribution in [1.29, 1.82) is 0 Å². The van der Waals surface area contributed by atoms with Crippen LogP contribution < -0.4 is 5.32 Å². The van der Waals surface area contributed by atoms with Gasteiger partial charge >= 0.3 is 0 Å². The minimum atomic E-state index is -0.0970. The molecule has 0 aliphatic carbocycles. The minimum Gasteiger partial charge on any atom is -0.369 e. The maximum atomic E-state index is 6.05. The van der Waals surface area contributed by atoms with Crippen LogP contribution in [0.25, 0.3) is 0 Å². The maximum Gasteiger partial charge on any atom is 0.137 e. The third kappa shape index (κ3) is 5.33. The van der Waals surface area contributed by atoms with Gasteiger partial charge in [0.05, 0.1) is 0 Å². The number of hydrogen-bond donors (Lipinski definition) is 1. The van der Waals surface area contributed by atoms with Crippen molar-refractivity contribution in [3.63, 3.8) is 0 Å². The molecule has 0 radical (unpaired) electrons. The summed E-state index contributed by atoms with van der Waals surface area (Å²) in [5, 5.41) is 3.81. The molecule has 0 spiro atoms. The van der Waals surface area contributed by atoms with Crippen LogP contribution in [0.15, 0.2) is 6.07 Å². The number of anilines is 1. The molecule has 0 fully saturated rings. The quantitative estimate of drug-likeness (QED) is 0.815. The first-order valence-corrected chi connectivity index (χ1v) is 7.26. The van der Waals surface area contributed by atoms with Gasteiger partial charge in [0.2, 0.25) is 0 Å². The Balaban J connectivity index is 2.66. The Hall–Kier alpha value is -0.870. The highest BCUT2D eigenvalue weighted by atomic mass is 35.5. The van der Waals surface area contributed by atoms with Crippen LogP contribution in [-0.2, 0) is 5.41 Å². The number of hydrogen-bond acceptors (Lipinski definition) is 4. The van der Waals surface area contributed by atoms with Gasteiger partial charge in [0, 0.05) is 24.6 Å². The minimum absolute atomic E-state index is 0.0970. The molecule has 0 bridgehead atoms. The van der Waals surface area contributed by atoms with Gasteiger partial charge in [0.25, 0.3) is 0 Å². The summed E-state index contributed by atoms with van der Waals surface area (Å²) < 4.78 is 0. The zero-order valence-corrected chi connectivity index (χ0v) is 13.4. The maximum absolute atomic E-state index is 6.05. The SMILES string of the molecule is CCN(CC)CCNc1cc(Cl)nc(C(C)(C)C)n1. The lowest BCUT2D eigenvalue weighted by Crippen LogP contribution is -2.29. The Morgan fingerprint density at radius 2 is 1.84 bits per heavy atom. The van der Waals surface area contributed by atoms with Crippen molar-refractivity contribution in [2.24, 2.45) is 0 Å². The molecule has 0 aliphatic heterocycles. The number of nitrogens with one attached hydrogen (secondary N) is 1. The van der Waals surface area contributed by atoms with Crippen LogP contribution in [0.4, 0.5) is 5.82 Å². The van der Waals surface area contributed by atoms with Crippen molar-refractivity contribution in [3.8, 4) is 0 Å². The fourth-order valence-electron chi connectivity index (χ4n) is 1.73. The third-order valence-electron chi connectivity index (χ3n) is 2.99. The zero-order valence-electron chi connectivity index (χ0n) is 12.6. The van der Waals surface area contributed by atoms with Crippen LogP contribution in [0, 0.1) is 0 Å². The molecule has 1 aromatic heterocycles. The van der Waals surface area contributed by atoms with Crippen molar-refractivity contribution in [2.45, 2.75) is 40.0 Å². The van der Waals surface area contributed by atoms with Crippen molar-refractivity contribution < 1.29 is 0 Å². The fourth-order valence-corrected chi connectivity index (χ4v) is 1.91. The van der Waals surface area contributed by atoms with Crippen LogP contribution >= 0.6 is 11.6 Å². The van der Waals surface area contributed by atoms with Gasteiger partial charge in [0.1, 0.15) is 16.8 Å². The van der Waals surface area contributed by atoms with Crippen molar-refractivity contribution in [2.75, 3.05) is 31.5 Å². The van der Waals surface area contributed by atoms with E-state index in [1.165, 1.54) is 0 Å². The Labute approximate surface area is 121 Å². The lowest BCUT2D eigenvalue weighted by Gasteiger charge is -2.20. The van der Waals surface area contributed by atoms with Crippen molar-refractivity contribution in [3.05, 3.63) is 17.0 Å². The van der Waals surface area contributed by atoms with Crippen LogP contribution in [0.3, 0.4) is 0 Å². The monoisotopic (exact) mass is 284 g/mol. The Morgan fingerprint density at radius 3 is 2.37 bits per heavy atom. The molecule has 0 saturated heterocycles. The standard InChI is InChI=1S/C14H25ClN4/c1-6-19(7-2)9-8-16-12-10-11(15)17-13(18-12)14(3,4)5/h10H,6-9H2,1-5H3,(H,16,17,18). The molecule has 0 amide bonds. The van der Waals surface area contributed by atoms with Gasteiger partial charge in [0.15, 0.2) is 0 Å². The number of nitrogens with zero attached hydrogens (tertiary/aromatic N) is 3. The number of likely N-dealkylation sites (N-methyl/N-ethyl adjacent to an activating group) is 1. The van der Waals surface area contributed by atoms with E-state index in [0.717, 1.165) is 37.8 Å². The third-order valence-corrected chi connectivity index (χ3v) is 3.19. The second-order valence-corrected chi connectivity index (χ2v) is 5.99. The van der Waals surface area contributed by atoms with E-state index in [4.69, 9.17) is 11.6 Å². The van der Waals surface area contributed by atoms with E-state index in [2.05, 4.69) is 54.8 Å². The first-order chi connectivity index (χ1) is 8.86. The molecule has 0 saturated carbocycles. The first-order valence-electron chi connectivity index (χ1n) is 6.88. The van der Waals surface area contributed by atoms with Gasteiger partial charge in [-0.05, 0) is 13.1 Å². The van der Waals surface area contributed by atoms with E-state index >= 15 is 0 Å². The molecule has 1 rings (SSSR count). The van der Waals surface area contributed by atoms with E-state index in [0.29, 0.717) is 5.15 Å². The van der Waals surface area contributed by atoms with E-state index < -0.39 is 0 Å². The molecule has 19 heavy (non-hydrogen) atoms. The van der Waals surface area contributed by atoms with Gasteiger partial charge < -0.3 is 10.2 Å². The van der Waals surface area contributed by atoms with Gasteiger partial charge in [-0.15, -0.1) is 0 Å². The molecular formula is C14H25ClN4. The van der Waals surface area contributed by atoms with E-state index in [-0.39, 0.29) is 5.41 Å². The van der Waals surface area contributed by atoms with E-state index in [1.54, 1.807) is 6.07 Å². The van der Waals surface area contributed by atoms with Gasteiger partial charge in [-0.3, -0.25) is 0 Å². The topological polar surface area (TPSA) is 41.0 Å². The molecule has 0 unspecified atom stereocenters. The summed E-state index contributed by atoms with van der Waals surface area (Å²) >= 11 is 6.05. The Kier molecular flexibility index (Phi) is 6.01. The molecule has 5 heteroatoms. The van der Waals surface area contributed by atoms with Gasteiger partial charge in [-0.2, -0.15) is 0 Å². The molecule has 1 heterocycles. The highest BCUT2D eigenvalue weighted by Crippen LogP contribution is 2.22. The summed E-state index contributed by atoms with van der Waals surface area (Å²) in [6, 6.07) is 1.78. The smallest absolute Gasteiger partial charge is 0.137 e. The number of rotatable bonds is 6. The lowest BCUT2D eigenvalue weighted by molar-refractivity contribution is 0.316. The van der Waals surface area contributed by atoms with Crippen LogP contribution in [0.5, 0.6) is 0 Å². The molecule has 1 N–H and O–H groups in total. The predicted octanol–water partition coefficient (Wildman–Crippen LogP) is 3.18. The molecule has 0 aliphatic rings. The Morgan fingerprint density at radius 1 is 1.21 bits per heavy atom. The molecule has 0 atom stereocenters. The van der Waals surface area contributed by atoms with Crippen LogP contribution in [0.2, 0.25) is 5.15 Å². The Bertz CT molecular complexity index is 397. The first kappa shape index (κ1) is 16.2. The highest BCUT2D eigenvalue weighted by Gasteiger charge is 2.18. The van der Waals surface area contributed by atoms with E-state index in [9.17, 15) is 0 Å². The van der Waals surface area contributed by atoms with E-state index in [1.807, 2.05) is 0 Å². The molecule has 108 valence electrons. The average molecular weight is 285 g/mol. The van der Waals surface area contributed by atoms with Crippen LogP contribution in [0.1, 0.15) is 40.4 Å². The second-order valence-electron chi connectivity index (χ2n) is 5.60. The number of aromatic nitrogens is 2. The summed E-state index contributed by atoms with van der Waals surface area (Å²) in [4.78, 5) is 11.2. The number of halogens is 1. The summed E-state index contributed by atoms with van der Waals surface area (Å²) in [7, 11) is 0. The van der Waals surface area contributed by atoms with Gasteiger partial charge in [-0.25, -0.2) is 9.97 Å². The average Bonchev–Trinajstić information content (AvgIpc) is 2.33. The normalized spacial score (nSPS) is 11.9. The molecular weight excluding hydrogens is 260 g/mol. The molecule has 1 aromatic rings. The van der Waals surface area contributed by atoms with Crippen molar-refractivity contribution >= 4 is 17.4 Å². The summed E-state index contributed by atoms with van der Waals surface area (Å²) in [5.41, 5.74) is -0.0970. The predicted molar refractivity (Wildman–Crippen MR) is 82.0 cm³/mol. The summed E-state index contributed by atoms with van der Waals surface area (Å²) in [5.74, 6) is 1.57.